The molecule has 2 aromatic heterocycles. The third-order valence-electron chi connectivity index (χ3n) is 4.16. The third kappa shape index (κ3) is 4.40. The van der Waals surface area contributed by atoms with Gasteiger partial charge in [-0.1, -0.05) is 19.9 Å². The Morgan fingerprint density at radius 2 is 1.96 bits per heavy atom. The predicted octanol–water partition coefficient (Wildman–Crippen LogP) is 3.57. The molecule has 0 aliphatic carbocycles. The topological polar surface area (TPSA) is 88.3 Å². The van der Waals surface area contributed by atoms with Gasteiger partial charge >= 0.3 is 5.97 Å². The third-order valence-corrected chi connectivity index (χ3v) is 5.12. The van der Waals surface area contributed by atoms with Crippen LogP contribution in [0.4, 0.5) is 0 Å². The number of Topliss-reactive ketones (excluding diaryl/α,β-unsaturated/α-hetero) is 1. The maximum absolute atomic E-state index is 12.3. The van der Waals surface area contributed by atoms with Crippen LogP contribution in [0.25, 0.3) is 0 Å². The summed E-state index contributed by atoms with van der Waals surface area (Å²) < 4.78 is 5.13. The molecule has 0 saturated carbocycles. The lowest BCUT2D eigenvalue weighted by molar-refractivity contribution is -0.125. The van der Waals surface area contributed by atoms with Crippen LogP contribution in [-0.4, -0.2) is 29.3 Å². The fourth-order valence-corrected chi connectivity index (χ4v) is 3.88. The van der Waals surface area contributed by atoms with Gasteiger partial charge in [-0.3, -0.25) is 9.59 Å². The Bertz CT molecular complexity index is 806. The Morgan fingerprint density at radius 1 is 1.27 bits per heavy atom. The minimum Gasteiger partial charge on any atom is -0.451 e. The number of aromatic nitrogens is 1. The summed E-state index contributed by atoms with van der Waals surface area (Å²) in [7, 11) is 0. The maximum atomic E-state index is 12.3. The molecular formula is C19H24N2O4S. The van der Waals surface area contributed by atoms with E-state index in [1.165, 1.54) is 6.92 Å². The second kappa shape index (κ2) is 8.31. The van der Waals surface area contributed by atoms with Gasteiger partial charge in [0.2, 0.25) is 0 Å². The average molecular weight is 376 g/mol. The number of ether oxygens (including phenoxy) is 1. The van der Waals surface area contributed by atoms with Crippen LogP contribution in [0.3, 0.4) is 0 Å². The number of thiophene rings is 1. The van der Waals surface area contributed by atoms with Gasteiger partial charge in [0.15, 0.2) is 12.4 Å². The van der Waals surface area contributed by atoms with Gasteiger partial charge in [0.1, 0.15) is 5.69 Å². The number of esters is 1. The van der Waals surface area contributed by atoms with Gasteiger partial charge in [0.05, 0.1) is 6.04 Å². The fourth-order valence-electron chi connectivity index (χ4n) is 2.94. The molecule has 7 heteroatoms. The number of hydrogen-bond acceptors (Lipinski definition) is 5. The lowest BCUT2D eigenvalue weighted by atomic mass is 10.0. The quantitative estimate of drug-likeness (QED) is 0.571. The van der Waals surface area contributed by atoms with Crippen LogP contribution in [-0.2, 0) is 9.53 Å². The summed E-state index contributed by atoms with van der Waals surface area (Å²) in [5.41, 5.74) is 1.85. The molecule has 0 spiro atoms. The highest BCUT2D eigenvalue weighted by molar-refractivity contribution is 7.10. The monoisotopic (exact) mass is 376 g/mol. The molecule has 0 bridgehead atoms. The van der Waals surface area contributed by atoms with Crippen molar-refractivity contribution in [3.63, 3.8) is 0 Å². The zero-order valence-electron chi connectivity index (χ0n) is 15.6. The summed E-state index contributed by atoms with van der Waals surface area (Å²) in [5, 5.41) is 4.86. The first-order chi connectivity index (χ1) is 12.2. The Labute approximate surface area is 157 Å². The van der Waals surface area contributed by atoms with Crippen LogP contribution < -0.4 is 5.32 Å². The zero-order valence-corrected chi connectivity index (χ0v) is 16.5. The first kappa shape index (κ1) is 19.9. The van der Waals surface area contributed by atoms with Gasteiger partial charge in [-0.2, -0.15) is 0 Å². The van der Waals surface area contributed by atoms with Crippen molar-refractivity contribution in [1.29, 1.82) is 0 Å². The van der Waals surface area contributed by atoms with Crippen molar-refractivity contribution in [2.24, 2.45) is 5.92 Å². The van der Waals surface area contributed by atoms with E-state index in [1.807, 2.05) is 31.4 Å². The summed E-state index contributed by atoms with van der Waals surface area (Å²) in [6.45, 7) is 8.52. The summed E-state index contributed by atoms with van der Waals surface area (Å²) in [4.78, 5) is 40.1. The maximum Gasteiger partial charge on any atom is 0.355 e. The van der Waals surface area contributed by atoms with Crippen molar-refractivity contribution in [2.45, 2.75) is 40.7 Å². The molecule has 0 aliphatic rings. The average Bonchev–Trinajstić information content (AvgIpc) is 3.17. The molecule has 0 radical (unpaired) electrons. The highest BCUT2D eigenvalue weighted by atomic mass is 32.1. The van der Waals surface area contributed by atoms with Crippen LogP contribution in [0.2, 0.25) is 0 Å². The Balaban J connectivity index is 2.00. The molecule has 2 N–H and O–H groups in total. The summed E-state index contributed by atoms with van der Waals surface area (Å²) >= 11 is 1.57. The van der Waals surface area contributed by atoms with Gasteiger partial charge < -0.3 is 15.0 Å². The van der Waals surface area contributed by atoms with Crippen molar-refractivity contribution in [2.75, 3.05) is 6.61 Å². The van der Waals surface area contributed by atoms with E-state index in [1.54, 1.807) is 25.2 Å². The van der Waals surface area contributed by atoms with Gasteiger partial charge in [-0.05, 0) is 43.7 Å². The second-order valence-electron chi connectivity index (χ2n) is 6.56. The predicted molar refractivity (Wildman–Crippen MR) is 101 cm³/mol. The van der Waals surface area contributed by atoms with E-state index in [4.69, 9.17) is 4.74 Å². The molecule has 1 unspecified atom stereocenters. The summed E-state index contributed by atoms with van der Waals surface area (Å²) in [6, 6.07) is 3.78. The smallest absolute Gasteiger partial charge is 0.355 e. The minimum atomic E-state index is -0.648. The van der Waals surface area contributed by atoms with Crippen molar-refractivity contribution < 1.29 is 19.1 Å². The van der Waals surface area contributed by atoms with Gasteiger partial charge in [-0.25, -0.2) is 4.79 Å². The number of nitrogens with one attached hydrogen (secondary N) is 2. The van der Waals surface area contributed by atoms with Crippen molar-refractivity contribution in [1.82, 2.24) is 10.3 Å². The van der Waals surface area contributed by atoms with E-state index in [0.717, 1.165) is 4.88 Å². The molecule has 6 nitrogen and oxygen atoms in total. The molecule has 1 amide bonds. The first-order valence-electron chi connectivity index (χ1n) is 8.42. The largest absolute Gasteiger partial charge is 0.451 e. The van der Waals surface area contributed by atoms with Crippen molar-refractivity contribution in [3.8, 4) is 0 Å². The Hall–Kier alpha value is -2.41. The number of rotatable bonds is 7. The number of hydrogen-bond donors (Lipinski definition) is 2. The molecule has 1 atom stereocenters. The van der Waals surface area contributed by atoms with E-state index in [9.17, 15) is 14.4 Å². The van der Waals surface area contributed by atoms with E-state index in [2.05, 4.69) is 10.3 Å². The Kier molecular flexibility index (Phi) is 6.37. The number of carbonyl (C=O) groups is 3. The molecule has 0 aromatic carbocycles. The highest BCUT2D eigenvalue weighted by Crippen LogP contribution is 2.25. The van der Waals surface area contributed by atoms with Crippen LogP contribution in [0.5, 0.6) is 0 Å². The van der Waals surface area contributed by atoms with Crippen LogP contribution in [0, 0.1) is 19.8 Å². The highest BCUT2D eigenvalue weighted by Gasteiger charge is 2.23. The molecule has 0 aliphatic heterocycles. The van der Waals surface area contributed by atoms with E-state index >= 15 is 0 Å². The number of amides is 1. The normalized spacial score (nSPS) is 12.1. The molecule has 0 saturated heterocycles. The lowest BCUT2D eigenvalue weighted by Crippen LogP contribution is -2.34. The minimum absolute atomic E-state index is 0.122. The molecule has 26 heavy (non-hydrogen) atoms. The fraction of sp³-hybridized carbons (Fsp3) is 0.421. The number of H-pyrrole nitrogens is 1. The SMILES string of the molecule is CC(=O)c1c(C)[nH]c(C(=O)OCC(=O)NC(c2cccs2)C(C)C)c1C. The number of aromatic amines is 1. The van der Waals surface area contributed by atoms with Crippen LogP contribution in [0.1, 0.15) is 63.8 Å². The Morgan fingerprint density at radius 3 is 2.46 bits per heavy atom. The van der Waals surface area contributed by atoms with E-state index in [-0.39, 0.29) is 36.0 Å². The molecule has 2 rings (SSSR count). The summed E-state index contributed by atoms with van der Waals surface area (Å²) in [5.74, 6) is -0.924. The molecule has 2 aromatic rings. The summed E-state index contributed by atoms with van der Waals surface area (Å²) in [6.07, 6.45) is 0. The van der Waals surface area contributed by atoms with Crippen molar-refractivity contribution in [3.05, 3.63) is 44.9 Å². The van der Waals surface area contributed by atoms with Crippen LogP contribution >= 0.6 is 11.3 Å². The van der Waals surface area contributed by atoms with E-state index in [0.29, 0.717) is 16.8 Å². The first-order valence-corrected chi connectivity index (χ1v) is 9.30. The van der Waals surface area contributed by atoms with Crippen molar-refractivity contribution >= 4 is 29.0 Å². The second-order valence-corrected chi connectivity index (χ2v) is 7.54. The number of carbonyl (C=O) groups excluding carboxylic acids is 3. The van der Waals surface area contributed by atoms with E-state index < -0.39 is 5.97 Å². The van der Waals surface area contributed by atoms with Gasteiger partial charge in [-0.15, -0.1) is 11.3 Å². The van der Waals surface area contributed by atoms with Gasteiger partial charge in [0, 0.05) is 16.1 Å². The standard InChI is InChI=1S/C19H24N2O4S/c1-10(2)17(14-7-6-8-26-14)21-15(23)9-25-19(24)18-11(3)16(13(5)22)12(4)20-18/h6-8,10,17,20H,9H2,1-5H3,(H,21,23). The van der Waals surface area contributed by atoms with Gasteiger partial charge in [0.25, 0.3) is 5.91 Å². The number of aryl methyl sites for hydroxylation is 1. The molecule has 140 valence electrons. The van der Waals surface area contributed by atoms with Crippen LogP contribution in [0.15, 0.2) is 17.5 Å². The number of ketones is 1. The molecular weight excluding hydrogens is 352 g/mol. The zero-order chi connectivity index (χ0) is 19.4. The molecule has 2 heterocycles. The molecule has 0 fully saturated rings. The lowest BCUT2D eigenvalue weighted by Gasteiger charge is -2.21.